The number of carbonyl (C=O) groups is 1. The van der Waals surface area contributed by atoms with Gasteiger partial charge in [0.25, 0.3) is 5.91 Å². The summed E-state index contributed by atoms with van der Waals surface area (Å²) in [6.45, 7) is 6.64. The third-order valence-corrected chi connectivity index (χ3v) is 8.04. The largest absolute Gasteiger partial charge is 0.491 e. The van der Waals surface area contributed by atoms with E-state index in [0.29, 0.717) is 18.2 Å². The topological polar surface area (TPSA) is 58.5 Å². The van der Waals surface area contributed by atoms with Gasteiger partial charge in [0, 0.05) is 13.6 Å². The second-order valence-electron chi connectivity index (χ2n) is 9.46. The molecule has 4 heterocycles. The van der Waals surface area contributed by atoms with Crippen molar-refractivity contribution in [1.29, 1.82) is 0 Å². The van der Waals surface area contributed by atoms with Gasteiger partial charge >= 0.3 is 0 Å². The first kappa shape index (κ1) is 22.4. The number of amides is 1. The molecule has 0 saturated carbocycles. The molecule has 1 aromatic carbocycles. The highest BCUT2D eigenvalue weighted by Gasteiger charge is 2.23. The van der Waals surface area contributed by atoms with Gasteiger partial charge in [0.05, 0.1) is 22.5 Å². The predicted molar refractivity (Wildman–Crippen MR) is 135 cm³/mol. The van der Waals surface area contributed by atoms with E-state index >= 15 is 0 Å². The molecule has 2 saturated heterocycles. The number of nitrogens with one attached hydrogen (secondary N) is 2. The lowest BCUT2D eigenvalue weighted by Gasteiger charge is -2.35. The van der Waals surface area contributed by atoms with E-state index in [1.807, 2.05) is 53.4 Å². The number of fused-ring (bicyclic) bond motifs is 1. The van der Waals surface area contributed by atoms with Gasteiger partial charge in [0.2, 0.25) is 0 Å². The van der Waals surface area contributed by atoms with Crippen molar-refractivity contribution in [3.05, 3.63) is 47.5 Å². The Balaban J connectivity index is 1.14. The quantitative estimate of drug-likeness (QED) is 0.535. The highest BCUT2D eigenvalue weighted by Crippen LogP contribution is 2.29. The molecule has 0 spiro atoms. The van der Waals surface area contributed by atoms with E-state index in [1.54, 1.807) is 11.3 Å². The minimum Gasteiger partial charge on any atom is -0.491 e. The molecule has 6 nitrogen and oxygen atoms in total. The second-order valence-corrected chi connectivity index (χ2v) is 10.4. The van der Waals surface area contributed by atoms with E-state index < -0.39 is 0 Å². The Morgan fingerprint density at radius 1 is 1.12 bits per heavy atom. The van der Waals surface area contributed by atoms with Crippen LogP contribution >= 0.6 is 11.3 Å². The number of para-hydroxylation sites is 2. The number of hydrogen-bond acceptors (Lipinski definition) is 5. The van der Waals surface area contributed by atoms with Gasteiger partial charge in [-0.15, -0.1) is 11.3 Å². The molecule has 2 N–H and O–H groups in total. The Hall–Kier alpha value is -2.35. The fourth-order valence-electron chi connectivity index (χ4n) is 5.12. The van der Waals surface area contributed by atoms with Crippen LogP contribution in [0.3, 0.4) is 0 Å². The number of thiophene rings is 1. The van der Waals surface area contributed by atoms with E-state index in [0.717, 1.165) is 27.6 Å². The number of benzene rings is 1. The van der Waals surface area contributed by atoms with Gasteiger partial charge in [0.1, 0.15) is 11.4 Å². The second kappa shape index (κ2) is 10.3. The number of nitrogens with zero attached hydrogens (tertiary/aromatic N) is 2. The predicted octanol–water partition coefficient (Wildman–Crippen LogP) is 4.58. The summed E-state index contributed by atoms with van der Waals surface area (Å²) in [4.78, 5) is 15.6. The van der Waals surface area contributed by atoms with Crippen molar-refractivity contribution in [3.63, 3.8) is 0 Å². The van der Waals surface area contributed by atoms with Gasteiger partial charge in [-0.25, -0.2) is 0 Å². The van der Waals surface area contributed by atoms with Crippen LogP contribution in [0.4, 0.5) is 5.69 Å². The summed E-state index contributed by atoms with van der Waals surface area (Å²) in [5, 5.41) is 8.58. The van der Waals surface area contributed by atoms with Gasteiger partial charge < -0.3 is 24.8 Å². The molecule has 0 atom stereocenters. The summed E-state index contributed by atoms with van der Waals surface area (Å²) in [5.74, 6) is 2.06. The van der Waals surface area contributed by atoms with Crippen molar-refractivity contribution in [1.82, 2.24) is 14.8 Å². The Labute approximate surface area is 199 Å². The third kappa shape index (κ3) is 5.26. The molecular formula is C26H34N4O2S. The zero-order valence-electron chi connectivity index (χ0n) is 19.4. The zero-order valence-corrected chi connectivity index (χ0v) is 20.2. The van der Waals surface area contributed by atoms with E-state index in [-0.39, 0.29) is 5.91 Å². The number of anilines is 1. The number of carbonyl (C=O) groups excluding carboxylic acids is 1. The molecule has 0 bridgehead atoms. The molecule has 2 aliphatic heterocycles. The van der Waals surface area contributed by atoms with Gasteiger partial charge in [-0.05, 0) is 93.3 Å². The summed E-state index contributed by atoms with van der Waals surface area (Å²) < 4.78 is 9.30. The van der Waals surface area contributed by atoms with Crippen LogP contribution in [0.15, 0.2) is 41.8 Å². The minimum atomic E-state index is -0.108. The van der Waals surface area contributed by atoms with Crippen molar-refractivity contribution in [2.75, 3.05) is 44.6 Å². The fraction of sp³-hybridized carbons (Fsp3) is 0.500. The van der Waals surface area contributed by atoms with Crippen LogP contribution in [-0.2, 0) is 7.05 Å². The lowest BCUT2D eigenvalue weighted by atomic mass is 9.94. The number of rotatable bonds is 7. The molecule has 2 fully saturated rings. The van der Waals surface area contributed by atoms with E-state index in [4.69, 9.17) is 4.74 Å². The van der Waals surface area contributed by atoms with Gasteiger partial charge in [-0.1, -0.05) is 12.1 Å². The van der Waals surface area contributed by atoms with Crippen LogP contribution in [0.5, 0.6) is 5.75 Å². The lowest BCUT2D eigenvalue weighted by molar-refractivity contribution is 0.101. The molecule has 1 amide bonds. The molecule has 0 unspecified atom stereocenters. The van der Waals surface area contributed by atoms with Gasteiger partial charge in [-0.3, -0.25) is 4.79 Å². The smallest absolute Gasteiger partial charge is 0.272 e. The maximum atomic E-state index is 13.0. The highest BCUT2D eigenvalue weighted by atomic mass is 32.1. The van der Waals surface area contributed by atoms with Crippen molar-refractivity contribution < 1.29 is 9.53 Å². The summed E-state index contributed by atoms with van der Waals surface area (Å²) in [7, 11) is 1.93. The molecule has 2 aromatic heterocycles. The van der Waals surface area contributed by atoms with Crippen LogP contribution < -0.4 is 15.4 Å². The fourth-order valence-corrected chi connectivity index (χ4v) is 5.97. The van der Waals surface area contributed by atoms with Gasteiger partial charge in [0.15, 0.2) is 0 Å². The maximum Gasteiger partial charge on any atom is 0.272 e. The molecule has 7 heteroatoms. The van der Waals surface area contributed by atoms with Crippen LogP contribution in [0.1, 0.15) is 36.2 Å². The molecule has 176 valence electrons. The van der Waals surface area contributed by atoms with Crippen molar-refractivity contribution in [3.8, 4) is 5.75 Å². The van der Waals surface area contributed by atoms with Crippen molar-refractivity contribution in [2.24, 2.45) is 18.9 Å². The number of hydrogen-bond donors (Lipinski definition) is 2. The summed E-state index contributed by atoms with van der Waals surface area (Å²) in [5.41, 5.74) is 2.48. The van der Waals surface area contributed by atoms with E-state index in [1.165, 1.54) is 58.4 Å². The van der Waals surface area contributed by atoms with Crippen LogP contribution in [0.2, 0.25) is 0 Å². The number of piperidine rings is 2. The van der Waals surface area contributed by atoms with Crippen LogP contribution in [-0.4, -0.2) is 54.7 Å². The summed E-state index contributed by atoms with van der Waals surface area (Å²) in [6.07, 6.45) is 4.98. The molecule has 0 radical (unpaired) electrons. The maximum absolute atomic E-state index is 13.0. The average Bonchev–Trinajstić information content (AvgIpc) is 3.43. The average molecular weight is 467 g/mol. The van der Waals surface area contributed by atoms with Crippen LogP contribution in [0, 0.1) is 11.8 Å². The molecular weight excluding hydrogens is 432 g/mol. The summed E-state index contributed by atoms with van der Waals surface area (Å²) >= 11 is 1.65. The van der Waals surface area contributed by atoms with Crippen LogP contribution in [0.25, 0.3) is 10.2 Å². The lowest BCUT2D eigenvalue weighted by Crippen LogP contribution is -2.41. The molecule has 5 rings (SSSR count). The van der Waals surface area contributed by atoms with Crippen molar-refractivity contribution in [2.45, 2.75) is 25.7 Å². The SMILES string of the molecule is Cn1c(C(=O)Nc2ccccc2OCC2CCN(CC3CCNCC3)CC2)cc2sccc21. The Kier molecular flexibility index (Phi) is 6.99. The molecule has 0 aliphatic carbocycles. The number of likely N-dealkylation sites (tertiary alicyclic amines) is 1. The van der Waals surface area contributed by atoms with Crippen molar-refractivity contribution >= 4 is 33.1 Å². The number of aromatic nitrogens is 1. The Morgan fingerprint density at radius 2 is 1.91 bits per heavy atom. The van der Waals surface area contributed by atoms with E-state index in [9.17, 15) is 4.79 Å². The van der Waals surface area contributed by atoms with Gasteiger partial charge in [-0.2, -0.15) is 0 Å². The standard InChI is InChI=1S/C26H34N4O2S/c1-29-22-10-15-33-25(22)16-23(29)26(31)28-21-4-2-3-5-24(21)32-18-20-8-13-30(14-9-20)17-19-6-11-27-12-7-19/h2-5,10,15-16,19-20,27H,6-9,11-14,17-18H2,1H3,(H,28,31). The third-order valence-electron chi connectivity index (χ3n) is 7.19. The monoisotopic (exact) mass is 466 g/mol. The first-order valence-electron chi connectivity index (χ1n) is 12.2. The first-order chi connectivity index (χ1) is 16.2. The van der Waals surface area contributed by atoms with E-state index in [2.05, 4.69) is 15.5 Å². The normalized spacial score (nSPS) is 18.6. The number of aryl methyl sites for hydroxylation is 1. The zero-order chi connectivity index (χ0) is 22.6. The first-order valence-corrected chi connectivity index (χ1v) is 13.0. The summed E-state index contributed by atoms with van der Waals surface area (Å²) in [6, 6.07) is 11.8. The molecule has 2 aliphatic rings. The molecule has 33 heavy (non-hydrogen) atoms. The Bertz CT molecular complexity index is 1080. The highest BCUT2D eigenvalue weighted by molar-refractivity contribution is 7.17. The minimum absolute atomic E-state index is 0.108. The number of ether oxygens (including phenoxy) is 1. The Morgan fingerprint density at radius 3 is 2.70 bits per heavy atom. The molecule has 3 aromatic rings.